The predicted molar refractivity (Wildman–Crippen MR) is 81.8 cm³/mol. The van der Waals surface area contributed by atoms with Crippen molar-refractivity contribution in [2.45, 2.75) is 20.0 Å². The molecule has 1 N–H and O–H groups in total. The molecule has 0 radical (unpaired) electrons. The minimum atomic E-state index is -0.536. The molecule has 0 fully saturated rings. The van der Waals surface area contributed by atoms with Crippen LogP contribution in [0.3, 0.4) is 0 Å². The van der Waals surface area contributed by atoms with Crippen LogP contribution >= 0.6 is 11.3 Å². The van der Waals surface area contributed by atoms with Gasteiger partial charge in [-0.25, -0.2) is 0 Å². The Bertz CT molecular complexity index is 727. The van der Waals surface area contributed by atoms with E-state index in [1.165, 1.54) is 5.39 Å². The summed E-state index contributed by atoms with van der Waals surface area (Å²) in [5, 5.41) is 15.1. The molecule has 0 aliphatic heterocycles. The Morgan fingerprint density at radius 3 is 2.47 bits per heavy atom. The second-order valence-corrected chi connectivity index (χ2v) is 5.84. The van der Waals surface area contributed by atoms with Crippen LogP contribution in [0.15, 0.2) is 47.8 Å². The molecular formula is C17H16OS. The van der Waals surface area contributed by atoms with Crippen molar-refractivity contribution < 1.29 is 5.11 Å². The Morgan fingerprint density at radius 2 is 1.74 bits per heavy atom. The first-order valence-corrected chi connectivity index (χ1v) is 7.27. The lowest BCUT2D eigenvalue weighted by Gasteiger charge is -2.16. The minimum absolute atomic E-state index is 0.536. The van der Waals surface area contributed by atoms with Crippen molar-refractivity contribution in [3.63, 3.8) is 0 Å². The molecule has 1 aromatic heterocycles. The van der Waals surface area contributed by atoms with Gasteiger partial charge < -0.3 is 5.11 Å². The van der Waals surface area contributed by atoms with E-state index in [1.807, 2.05) is 17.5 Å². The zero-order valence-corrected chi connectivity index (χ0v) is 11.9. The second kappa shape index (κ2) is 4.80. The van der Waals surface area contributed by atoms with Gasteiger partial charge in [0, 0.05) is 4.88 Å². The summed E-state index contributed by atoms with van der Waals surface area (Å²) in [5.74, 6) is 0. The first-order chi connectivity index (χ1) is 9.18. The van der Waals surface area contributed by atoms with Crippen molar-refractivity contribution in [2.75, 3.05) is 0 Å². The summed E-state index contributed by atoms with van der Waals surface area (Å²) in [5.41, 5.74) is 3.33. The summed E-state index contributed by atoms with van der Waals surface area (Å²) < 4.78 is 0. The lowest BCUT2D eigenvalue weighted by molar-refractivity contribution is 0.224. The Balaban J connectivity index is 2.24. The first kappa shape index (κ1) is 12.4. The summed E-state index contributed by atoms with van der Waals surface area (Å²) in [6.45, 7) is 4.11. The van der Waals surface area contributed by atoms with E-state index in [0.717, 1.165) is 27.0 Å². The van der Waals surface area contributed by atoms with Crippen LogP contribution in [0.5, 0.6) is 0 Å². The molecule has 0 aliphatic rings. The molecule has 96 valence electrons. The van der Waals surface area contributed by atoms with E-state index in [-0.39, 0.29) is 0 Å². The van der Waals surface area contributed by atoms with Gasteiger partial charge >= 0.3 is 0 Å². The molecule has 1 heterocycles. The molecule has 0 spiro atoms. The maximum absolute atomic E-state index is 10.8. The van der Waals surface area contributed by atoms with E-state index in [9.17, 15) is 5.11 Å². The van der Waals surface area contributed by atoms with E-state index in [2.05, 4.69) is 44.2 Å². The monoisotopic (exact) mass is 268 g/mol. The average molecular weight is 268 g/mol. The van der Waals surface area contributed by atoms with Crippen LogP contribution in [-0.2, 0) is 0 Å². The number of benzene rings is 2. The molecule has 3 rings (SSSR count). The molecule has 2 aromatic carbocycles. The quantitative estimate of drug-likeness (QED) is 0.720. The van der Waals surface area contributed by atoms with Crippen LogP contribution in [0.1, 0.15) is 27.7 Å². The number of rotatable bonds is 2. The van der Waals surface area contributed by atoms with Gasteiger partial charge in [0.1, 0.15) is 6.10 Å². The standard InChI is InChI=1S/C17H16OS/c1-11-7-8-13-5-3-4-6-14(13)15(11)16(18)17-12(2)9-10-19-17/h3-10,16,18H,1-2H3. The summed E-state index contributed by atoms with van der Waals surface area (Å²) in [4.78, 5) is 1.04. The van der Waals surface area contributed by atoms with Gasteiger partial charge in [0.15, 0.2) is 0 Å². The highest BCUT2D eigenvalue weighted by Crippen LogP contribution is 2.35. The summed E-state index contributed by atoms with van der Waals surface area (Å²) >= 11 is 1.62. The van der Waals surface area contributed by atoms with E-state index < -0.39 is 6.10 Å². The zero-order chi connectivity index (χ0) is 13.4. The Kier molecular flexibility index (Phi) is 3.13. The molecule has 19 heavy (non-hydrogen) atoms. The Morgan fingerprint density at radius 1 is 0.947 bits per heavy atom. The molecule has 1 atom stereocenters. The third kappa shape index (κ3) is 2.07. The molecule has 0 aliphatic carbocycles. The topological polar surface area (TPSA) is 20.2 Å². The molecule has 0 saturated carbocycles. The lowest BCUT2D eigenvalue weighted by Crippen LogP contribution is -2.02. The van der Waals surface area contributed by atoms with Gasteiger partial charge in [0.05, 0.1) is 0 Å². The number of aryl methyl sites for hydroxylation is 2. The number of thiophene rings is 1. The van der Waals surface area contributed by atoms with E-state index >= 15 is 0 Å². The van der Waals surface area contributed by atoms with Gasteiger partial charge in [-0.3, -0.25) is 0 Å². The van der Waals surface area contributed by atoms with Gasteiger partial charge in [-0.1, -0.05) is 36.4 Å². The highest BCUT2D eigenvalue weighted by Gasteiger charge is 2.18. The van der Waals surface area contributed by atoms with Crippen molar-refractivity contribution in [1.82, 2.24) is 0 Å². The van der Waals surface area contributed by atoms with Gasteiger partial charge in [0.25, 0.3) is 0 Å². The van der Waals surface area contributed by atoms with Crippen molar-refractivity contribution in [1.29, 1.82) is 0 Å². The van der Waals surface area contributed by atoms with Gasteiger partial charge in [0.2, 0.25) is 0 Å². The fourth-order valence-electron chi connectivity index (χ4n) is 2.56. The normalized spacial score (nSPS) is 12.8. The summed E-state index contributed by atoms with van der Waals surface area (Å²) in [7, 11) is 0. The summed E-state index contributed by atoms with van der Waals surface area (Å²) in [6.07, 6.45) is -0.536. The van der Waals surface area contributed by atoms with E-state index in [0.29, 0.717) is 0 Å². The van der Waals surface area contributed by atoms with Crippen molar-refractivity contribution in [3.8, 4) is 0 Å². The highest BCUT2D eigenvalue weighted by molar-refractivity contribution is 7.10. The van der Waals surface area contributed by atoms with Crippen molar-refractivity contribution >= 4 is 22.1 Å². The fourth-order valence-corrected chi connectivity index (χ4v) is 3.48. The average Bonchev–Trinajstić information content (AvgIpc) is 2.84. The number of fused-ring (bicyclic) bond motifs is 1. The molecular weight excluding hydrogens is 252 g/mol. The summed E-state index contributed by atoms with van der Waals surface area (Å²) in [6, 6.07) is 14.5. The highest BCUT2D eigenvalue weighted by atomic mass is 32.1. The molecule has 1 nitrogen and oxygen atoms in total. The third-order valence-corrected chi connectivity index (χ3v) is 4.68. The third-order valence-electron chi connectivity index (χ3n) is 3.61. The Hall–Kier alpha value is -1.64. The van der Waals surface area contributed by atoms with E-state index in [4.69, 9.17) is 0 Å². The van der Waals surface area contributed by atoms with Crippen molar-refractivity contribution in [2.24, 2.45) is 0 Å². The minimum Gasteiger partial charge on any atom is -0.383 e. The molecule has 0 saturated heterocycles. The second-order valence-electron chi connectivity index (χ2n) is 4.89. The van der Waals surface area contributed by atoms with Gasteiger partial charge in [-0.05, 0) is 52.8 Å². The number of aliphatic hydroxyl groups excluding tert-OH is 1. The van der Waals surface area contributed by atoms with E-state index in [1.54, 1.807) is 11.3 Å². The molecule has 3 aromatic rings. The zero-order valence-electron chi connectivity index (χ0n) is 11.1. The SMILES string of the molecule is Cc1ccsc1C(O)c1c(C)ccc2ccccc12. The van der Waals surface area contributed by atoms with Crippen LogP contribution in [0, 0.1) is 13.8 Å². The lowest BCUT2D eigenvalue weighted by atomic mass is 9.94. The number of hydrogen-bond acceptors (Lipinski definition) is 2. The predicted octanol–water partition coefficient (Wildman–Crippen LogP) is 4.60. The molecule has 2 heteroatoms. The van der Waals surface area contributed by atoms with Crippen LogP contribution < -0.4 is 0 Å². The molecule has 0 bridgehead atoms. The van der Waals surface area contributed by atoms with Crippen molar-refractivity contribution in [3.05, 3.63) is 69.4 Å². The van der Waals surface area contributed by atoms with Gasteiger partial charge in [-0.15, -0.1) is 11.3 Å². The smallest absolute Gasteiger partial charge is 0.114 e. The molecule has 0 amide bonds. The first-order valence-electron chi connectivity index (χ1n) is 6.39. The fraction of sp³-hybridized carbons (Fsp3) is 0.176. The number of aliphatic hydroxyl groups is 1. The maximum Gasteiger partial charge on any atom is 0.114 e. The molecule has 1 unspecified atom stereocenters. The van der Waals surface area contributed by atoms with Crippen LogP contribution in [0.4, 0.5) is 0 Å². The number of hydrogen-bond donors (Lipinski definition) is 1. The van der Waals surface area contributed by atoms with Crippen LogP contribution in [0.25, 0.3) is 10.8 Å². The van der Waals surface area contributed by atoms with Gasteiger partial charge in [-0.2, -0.15) is 0 Å². The van der Waals surface area contributed by atoms with Crippen LogP contribution in [0.2, 0.25) is 0 Å². The maximum atomic E-state index is 10.8. The Labute approximate surface area is 117 Å². The van der Waals surface area contributed by atoms with Crippen LogP contribution in [-0.4, -0.2) is 5.11 Å². The largest absolute Gasteiger partial charge is 0.383 e.